The normalized spacial score (nSPS) is 11.2. The molecule has 0 spiro atoms. The first-order valence-corrected chi connectivity index (χ1v) is 8.48. The Morgan fingerprint density at radius 1 is 1.17 bits per heavy atom. The highest BCUT2D eigenvalue weighted by Crippen LogP contribution is 2.35. The van der Waals surface area contributed by atoms with Crippen LogP contribution in [0.5, 0.6) is 5.75 Å². The van der Waals surface area contributed by atoms with Gasteiger partial charge < -0.3 is 10.1 Å². The van der Waals surface area contributed by atoms with Gasteiger partial charge in [-0.1, -0.05) is 0 Å². The third kappa shape index (κ3) is 4.24. The highest BCUT2D eigenvalue weighted by Gasteiger charge is 2.37. The molecule has 0 saturated heterocycles. The van der Waals surface area contributed by atoms with Crippen LogP contribution in [-0.4, -0.2) is 27.7 Å². The summed E-state index contributed by atoms with van der Waals surface area (Å²) in [7, 11) is 1.47. The number of rotatable bonds is 5. The lowest BCUT2D eigenvalue weighted by Gasteiger charge is -2.12. The third-order valence-corrected chi connectivity index (χ3v) is 4.13. The molecule has 0 unspecified atom stereocenters. The number of nitro benzene ring substituents is 1. The number of hydrogen-bond acceptors (Lipinski definition) is 5. The van der Waals surface area contributed by atoms with Gasteiger partial charge in [0.15, 0.2) is 0 Å². The Hall–Kier alpha value is -3.89. The minimum absolute atomic E-state index is 0.0451. The number of benzene rings is 2. The van der Waals surface area contributed by atoms with E-state index in [9.17, 15) is 28.1 Å². The van der Waals surface area contributed by atoms with Crippen molar-refractivity contribution in [2.75, 3.05) is 12.4 Å². The van der Waals surface area contributed by atoms with Crippen LogP contribution < -0.4 is 10.1 Å². The molecule has 1 amide bonds. The maximum absolute atomic E-state index is 13.3. The van der Waals surface area contributed by atoms with Crippen LogP contribution in [-0.2, 0) is 6.18 Å². The SMILES string of the molecule is COc1ccc(C(=O)Nc2ccc(-n3nc(C)cc3C(F)(F)F)c([N+](=O)[O-])c2)cc1. The smallest absolute Gasteiger partial charge is 0.433 e. The second-order valence-corrected chi connectivity index (χ2v) is 6.22. The molecule has 0 bridgehead atoms. The fourth-order valence-corrected chi connectivity index (χ4v) is 2.76. The first-order chi connectivity index (χ1) is 14.1. The molecule has 1 N–H and O–H groups in total. The van der Waals surface area contributed by atoms with E-state index in [1.54, 1.807) is 12.1 Å². The van der Waals surface area contributed by atoms with Gasteiger partial charge in [0.2, 0.25) is 0 Å². The first kappa shape index (κ1) is 20.8. The zero-order valence-electron chi connectivity index (χ0n) is 15.7. The summed E-state index contributed by atoms with van der Waals surface area (Å²) in [5.74, 6) is -0.00728. The van der Waals surface area contributed by atoms with Crippen molar-refractivity contribution in [1.82, 2.24) is 9.78 Å². The van der Waals surface area contributed by atoms with Crippen molar-refractivity contribution in [3.63, 3.8) is 0 Å². The number of amides is 1. The molecule has 0 atom stereocenters. The van der Waals surface area contributed by atoms with Gasteiger partial charge in [-0.25, -0.2) is 4.68 Å². The zero-order valence-corrected chi connectivity index (χ0v) is 15.7. The number of nitrogens with zero attached hydrogens (tertiary/aromatic N) is 3. The molecule has 30 heavy (non-hydrogen) atoms. The van der Waals surface area contributed by atoms with Crippen molar-refractivity contribution >= 4 is 17.3 Å². The number of nitrogens with one attached hydrogen (secondary N) is 1. The highest BCUT2D eigenvalue weighted by molar-refractivity contribution is 6.04. The monoisotopic (exact) mass is 420 g/mol. The molecule has 0 fully saturated rings. The van der Waals surface area contributed by atoms with E-state index in [0.717, 1.165) is 18.2 Å². The first-order valence-electron chi connectivity index (χ1n) is 8.48. The standard InChI is InChI=1S/C19H15F3N4O4/c1-11-9-17(19(20,21)22)25(24-11)15-8-5-13(10-16(15)26(28)29)23-18(27)12-3-6-14(30-2)7-4-12/h3-10H,1-2H3,(H,23,27). The van der Waals surface area contributed by atoms with E-state index in [1.807, 2.05) is 0 Å². The van der Waals surface area contributed by atoms with Crippen molar-refractivity contribution in [3.05, 3.63) is 75.6 Å². The fourth-order valence-electron chi connectivity index (χ4n) is 2.76. The van der Waals surface area contributed by atoms with E-state index < -0.39 is 28.4 Å². The number of aromatic nitrogens is 2. The Kier molecular flexibility index (Phi) is 5.45. The lowest BCUT2D eigenvalue weighted by Crippen LogP contribution is -2.15. The van der Waals surface area contributed by atoms with Crippen molar-refractivity contribution in [3.8, 4) is 11.4 Å². The van der Waals surface area contributed by atoms with Crippen LogP contribution in [0.3, 0.4) is 0 Å². The number of anilines is 1. The molecule has 3 aromatic rings. The Morgan fingerprint density at radius 2 is 1.83 bits per heavy atom. The molecule has 8 nitrogen and oxygen atoms in total. The molecular formula is C19H15F3N4O4. The zero-order chi connectivity index (χ0) is 22.1. The molecule has 3 rings (SSSR count). The molecule has 0 aliphatic carbocycles. The molecule has 0 radical (unpaired) electrons. The second-order valence-electron chi connectivity index (χ2n) is 6.22. The maximum Gasteiger partial charge on any atom is 0.433 e. The highest BCUT2D eigenvalue weighted by atomic mass is 19.4. The van der Waals surface area contributed by atoms with E-state index in [-0.39, 0.29) is 22.6 Å². The lowest BCUT2D eigenvalue weighted by molar-refractivity contribution is -0.384. The summed E-state index contributed by atoms with van der Waals surface area (Å²) >= 11 is 0. The second kappa shape index (κ2) is 7.85. The van der Waals surface area contributed by atoms with Gasteiger partial charge in [-0.2, -0.15) is 18.3 Å². The third-order valence-electron chi connectivity index (χ3n) is 4.13. The summed E-state index contributed by atoms with van der Waals surface area (Å²) in [5.41, 5.74) is -1.79. The van der Waals surface area contributed by atoms with Crippen LogP contribution in [0.25, 0.3) is 5.69 Å². The van der Waals surface area contributed by atoms with Crippen LogP contribution in [0.15, 0.2) is 48.5 Å². The Morgan fingerprint density at radius 3 is 2.40 bits per heavy atom. The minimum Gasteiger partial charge on any atom is -0.497 e. The summed E-state index contributed by atoms with van der Waals surface area (Å²) in [6, 6.07) is 10.3. The van der Waals surface area contributed by atoms with Gasteiger partial charge in [0.25, 0.3) is 11.6 Å². The number of nitro groups is 1. The molecule has 2 aromatic carbocycles. The average Bonchev–Trinajstić information content (AvgIpc) is 3.10. The van der Waals surface area contributed by atoms with Crippen molar-refractivity contribution in [2.45, 2.75) is 13.1 Å². The maximum atomic E-state index is 13.3. The molecule has 156 valence electrons. The molecule has 0 aliphatic rings. The Labute approximate surface area is 168 Å². The van der Waals surface area contributed by atoms with E-state index in [0.29, 0.717) is 10.4 Å². The summed E-state index contributed by atoms with van der Waals surface area (Å²) in [6.07, 6.45) is -4.75. The summed E-state index contributed by atoms with van der Waals surface area (Å²) in [6.45, 7) is 1.35. The van der Waals surface area contributed by atoms with Crippen molar-refractivity contribution in [2.24, 2.45) is 0 Å². The van der Waals surface area contributed by atoms with Gasteiger partial charge in [-0.3, -0.25) is 14.9 Å². The number of aryl methyl sites for hydroxylation is 1. The van der Waals surface area contributed by atoms with E-state index in [1.165, 1.54) is 32.2 Å². The Balaban J connectivity index is 1.97. The quantitative estimate of drug-likeness (QED) is 0.488. The number of carbonyl (C=O) groups excluding carboxylic acids is 1. The molecule has 1 aromatic heterocycles. The number of halogens is 3. The van der Waals surface area contributed by atoms with Crippen LogP contribution in [0.4, 0.5) is 24.5 Å². The number of alkyl halides is 3. The number of ether oxygens (including phenoxy) is 1. The minimum atomic E-state index is -4.75. The number of carbonyl (C=O) groups is 1. The van der Waals surface area contributed by atoms with Crippen LogP contribution in [0, 0.1) is 17.0 Å². The van der Waals surface area contributed by atoms with Gasteiger partial charge in [-0.15, -0.1) is 0 Å². The van der Waals surface area contributed by atoms with E-state index >= 15 is 0 Å². The lowest BCUT2D eigenvalue weighted by atomic mass is 10.2. The largest absolute Gasteiger partial charge is 0.497 e. The summed E-state index contributed by atoms with van der Waals surface area (Å²) in [4.78, 5) is 23.0. The molecular weight excluding hydrogens is 405 g/mol. The fraction of sp³-hybridized carbons (Fsp3) is 0.158. The van der Waals surface area contributed by atoms with Crippen molar-refractivity contribution < 1.29 is 27.6 Å². The van der Waals surface area contributed by atoms with Gasteiger partial charge in [0.05, 0.1) is 17.7 Å². The molecule has 0 saturated carbocycles. The van der Waals surface area contributed by atoms with E-state index in [2.05, 4.69) is 10.4 Å². The molecule has 11 heteroatoms. The predicted molar refractivity (Wildman–Crippen MR) is 101 cm³/mol. The summed E-state index contributed by atoms with van der Waals surface area (Å²) in [5, 5.41) is 17.7. The van der Waals surface area contributed by atoms with Crippen molar-refractivity contribution in [1.29, 1.82) is 0 Å². The molecule has 1 heterocycles. The van der Waals surface area contributed by atoms with Crippen LogP contribution in [0.2, 0.25) is 0 Å². The van der Waals surface area contributed by atoms with Gasteiger partial charge in [-0.05, 0) is 49.4 Å². The predicted octanol–water partition coefficient (Wildman–Crippen LogP) is 4.37. The van der Waals surface area contributed by atoms with Gasteiger partial charge >= 0.3 is 6.18 Å². The van der Waals surface area contributed by atoms with Gasteiger partial charge in [0, 0.05) is 17.3 Å². The topological polar surface area (TPSA) is 99.3 Å². The van der Waals surface area contributed by atoms with Gasteiger partial charge in [0.1, 0.15) is 17.1 Å². The molecule has 0 aliphatic heterocycles. The average molecular weight is 420 g/mol. The number of hydrogen-bond donors (Lipinski definition) is 1. The Bertz CT molecular complexity index is 1110. The van der Waals surface area contributed by atoms with Crippen LogP contribution in [0.1, 0.15) is 21.7 Å². The van der Waals surface area contributed by atoms with Crippen LogP contribution >= 0.6 is 0 Å². The summed E-state index contributed by atoms with van der Waals surface area (Å²) < 4.78 is 45.3. The van der Waals surface area contributed by atoms with E-state index in [4.69, 9.17) is 4.74 Å². The number of methoxy groups -OCH3 is 1.